The van der Waals surface area contributed by atoms with Gasteiger partial charge in [-0.05, 0) is 53.2 Å². The van der Waals surface area contributed by atoms with E-state index in [0.29, 0.717) is 10.5 Å². The third kappa shape index (κ3) is 4.12. The van der Waals surface area contributed by atoms with Crippen LogP contribution >= 0.6 is 27.7 Å². The van der Waals surface area contributed by atoms with Crippen LogP contribution in [0.25, 0.3) is 6.08 Å². The maximum Gasteiger partial charge on any atom is 0.293 e. The number of phenolic OH excluding ortho intramolecular Hbond substituents is 1. The fourth-order valence-corrected chi connectivity index (χ4v) is 3.66. The summed E-state index contributed by atoms with van der Waals surface area (Å²) in [4.78, 5) is 26.4. The number of hydrogen-bond acceptors (Lipinski definition) is 6. The van der Waals surface area contributed by atoms with Gasteiger partial charge in [0.1, 0.15) is 0 Å². The Hall–Kier alpha value is -2.45. The molecule has 1 aliphatic rings. The Labute approximate surface area is 168 Å². The molecule has 1 saturated heterocycles. The first-order chi connectivity index (χ1) is 12.9. The molecule has 0 saturated carbocycles. The van der Waals surface area contributed by atoms with Crippen LogP contribution in [-0.2, 0) is 11.3 Å². The second-order valence-electron chi connectivity index (χ2n) is 5.67. The van der Waals surface area contributed by atoms with Crippen LogP contribution in [0.1, 0.15) is 11.1 Å². The number of thioether (sulfide) groups is 1. The van der Waals surface area contributed by atoms with E-state index in [1.807, 2.05) is 24.3 Å². The maximum absolute atomic E-state index is 12.7. The minimum atomic E-state index is -0.362. The number of hydrogen-bond donors (Lipinski definition) is 1. The van der Waals surface area contributed by atoms with E-state index >= 15 is 0 Å². The number of benzene rings is 2. The summed E-state index contributed by atoms with van der Waals surface area (Å²) in [5.41, 5.74) is 1.44. The van der Waals surface area contributed by atoms with Crippen LogP contribution in [0, 0.1) is 0 Å². The number of amides is 2. The van der Waals surface area contributed by atoms with Gasteiger partial charge in [-0.3, -0.25) is 14.5 Å². The van der Waals surface area contributed by atoms with Crippen LogP contribution < -0.4 is 9.47 Å². The molecule has 0 unspecified atom stereocenters. The van der Waals surface area contributed by atoms with Gasteiger partial charge < -0.3 is 14.6 Å². The quantitative estimate of drug-likeness (QED) is 0.681. The van der Waals surface area contributed by atoms with E-state index in [4.69, 9.17) is 9.47 Å². The molecule has 0 radical (unpaired) electrons. The van der Waals surface area contributed by atoms with Gasteiger partial charge in [0.2, 0.25) is 5.75 Å². The number of carbonyl (C=O) groups is 2. The number of nitrogens with zero attached hydrogens (tertiary/aromatic N) is 1. The number of aromatic hydroxyl groups is 1. The fraction of sp³-hybridized carbons (Fsp3) is 0.158. The van der Waals surface area contributed by atoms with Crippen LogP contribution in [0.4, 0.5) is 4.79 Å². The first kappa shape index (κ1) is 19.3. The number of methoxy groups -OCH3 is 2. The van der Waals surface area contributed by atoms with Gasteiger partial charge in [-0.2, -0.15) is 0 Å². The van der Waals surface area contributed by atoms with Gasteiger partial charge in [0.05, 0.1) is 25.7 Å². The second-order valence-corrected chi connectivity index (χ2v) is 7.58. The van der Waals surface area contributed by atoms with Gasteiger partial charge in [-0.1, -0.05) is 28.1 Å². The molecule has 1 heterocycles. The van der Waals surface area contributed by atoms with Gasteiger partial charge in [-0.15, -0.1) is 0 Å². The number of rotatable bonds is 5. The molecule has 140 valence electrons. The first-order valence-electron chi connectivity index (χ1n) is 7.87. The molecule has 1 N–H and O–H groups in total. The summed E-state index contributed by atoms with van der Waals surface area (Å²) in [6.45, 7) is 0.206. The van der Waals surface area contributed by atoms with Gasteiger partial charge in [-0.25, -0.2) is 0 Å². The Morgan fingerprint density at radius 1 is 1.11 bits per heavy atom. The fourth-order valence-electron chi connectivity index (χ4n) is 2.56. The maximum atomic E-state index is 12.7. The standard InChI is InChI=1S/C19H16BrNO5S/c1-25-14-7-12(8-15(26-2)17(14)22)9-16-18(23)21(19(24)27-16)10-11-3-5-13(20)6-4-11/h3-9,22H,10H2,1-2H3/b16-9+. The van der Waals surface area contributed by atoms with Crippen LogP contribution in [0.3, 0.4) is 0 Å². The van der Waals surface area contributed by atoms with E-state index in [1.165, 1.54) is 19.1 Å². The second kappa shape index (κ2) is 8.06. The van der Waals surface area contributed by atoms with Crippen LogP contribution in [0.15, 0.2) is 45.8 Å². The topological polar surface area (TPSA) is 76.1 Å². The van der Waals surface area contributed by atoms with Crippen molar-refractivity contribution >= 4 is 44.9 Å². The highest BCUT2D eigenvalue weighted by Gasteiger charge is 2.35. The summed E-state index contributed by atoms with van der Waals surface area (Å²) in [7, 11) is 2.84. The van der Waals surface area contributed by atoms with Crippen molar-refractivity contribution in [1.82, 2.24) is 4.90 Å². The van der Waals surface area contributed by atoms with Crippen molar-refractivity contribution in [2.45, 2.75) is 6.54 Å². The highest BCUT2D eigenvalue weighted by atomic mass is 79.9. The third-order valence-electron chi connectivity index (χ3n) is 3.93. The predicted molar refractivity (Wildman–Crippen MR) is 107 cm³/mol. The molecule has 8 heteroatoms. The summed E-state index contributed by atoms with van der Waals surface area (Å²) < 4.78 is 11.2. The number of halogens is 1. The smallest absolute Gasteiger partial charge is 0.293 e. The number of ether oxygens (including phenoxy) is 2. The molecule has 3 rings (SSSR count). The number of imide groups is 1. The van der Waals surface area contributed by atoms with Crippen molar-refractivity contribution in [3.05, 3.63) is 56.9 Å². The Bertz CT molecular complexity index is 901. The normalized spacial score (nSPS) is 15.5. The van der Waals surface area contributed by atoms with Gasteiger partial charge in [0.15, 0.2) is 11.5 Å². The zero-order valence-electron chi connectivity index (χ0n) is 14.6. The zero-order valence-corrected chi connectivity index (χ0v) is 17.0. The van der Waals surface area contributed by atoms with Crippen molar-refractivity contribution in [2.24, 2.45) is 0 Å². The first-order valence-corrected chi connectivity index (χ1v) is 9.48. The molecule has 0 atom stereocenters. The molecular formula is C19H16BrNO5S. The van der Waals surface area contributed by atoms with Gasteiger partial charge in [0, 0.05) is 4.47 Å². The van der Waals surface area contributed by atoms with E-state index in [-0.39, 0.29) is 34.9 Å². The molecule has 2 aromatic rings. The Morgan fingerprint density at radius 3 is 2.26 bits per heavy atom. The van der Waals surface area contributed by atoms with E-state index < -0.39 is 0 Å². The summed E-state index contributed by atoms with van der Waals surface area (Å²) in [5.74, 6) is -0.0520. The molecule has 6 nitrogen and oxygen atoms in total. The monoisotopic (exact) mass is 449 g/mol. The minimum Gasteiger partial charge on any atom is -0.502 e. The van der Waals surface area contributed by atoms with Gasteiger partial charge >= 0.3 is 0 Å². The number of phenols is 1. The highest BCUT2D eigenvalue weighted by molar-refractivity contribution is 9.10. The molecular weight excluding hydrogens is 434 g/mol. The summed E-state index contributed by atoms with van der Waals surface area (Å²) >= 11 is 4.23. The van der Waals surface area contributed by atoms with Crippen LogP contribution in [-0.4, -0.2) is 35.4 Å². The lowest BCUT2D eigenvalue weighted by molar-refractivity contribution is -0.123. The predicted octanol–water partition coefficient (Wildman–Crippen LogP) is 4.41. The van der Waals surface area contributed by atoms with Crippen molar-refractivity contribution < 1.29 is 24.2 Å². The summed E-state index contributed by atoms with van der Waals surface area (Å²) in [6, 6.07) is 10.6. The van der Waals surface area contributed by atoms with Crippen molar-refractivity contribution in [2.75, 3.05) is 14.2 Å². The van der Waals surface area contributed by atoms with Crippen LogP contribution in [0.2, 0.25) is 0 Å². The molecule has 0 spiro atoms. The van der Waals surface area contributed by atoms with E-state index in [9.17, 15) is 14.7 Å². The molecule has 1 aliphatic heterocycles. The van der Waals surface area contributed by atoms with E-state index in [2.05, 4.69) is 15.9 Å². The van der Waals surface area contributed by atoms with Crippen molar-refractivity contribution in [1.29, 1.82) is 0 Å². The van der Waals surface area contributed by atoms with E-state index in [0.717, 1.165) is 21.8 Å². The lowest BCUT2D eigenvalue weighted by atomic mass is 10.1. The molecule has 27 heavy (non-hydrogen) atoms. The SMILES string of the molecule is COc1cc(/C=C2/SC(=O)N(Cc3ccc(Br)cc3)C2=O)cc(OC)c1O. The molecule has 2 aromatic carbocycles. The van der Waals surface area contributed by atoms with Crippen molar-refractivity contribution in [3.8, 4) is 17.2 Å². The molecule has 2 amide bonds. The van der Waals surface area contributed by atoms with Crippen molar-refractivity contribution in [3.63, 3.8) is 0 Å². The largest absolute Gasteiger partial charge is 0.502 e. The third-order valence-corrected chi connectivity index (χ3v) is 5.36. The molecule has 1 fully saturated rings. The lowest BCUT2D eigenvalue weighted by Gasteiger charge is -2.12. The Kier molecular flexibility index (Phi) is 5.76. The molecule has 0 aliphatic carbocycles. The highest BCUT2D eigenvalue weighted by Crippen LogP contribution is 2.39. The Morgan fingerprint density at radius 2 is 1.70 bits per heavy atom. The lowest BCUT2D eigenvalue weighted by Crippen LogP contribution is -2.27. The number of carbonyl (C=O) groups excluding carboxylic acids is 2. The summed E-state index contributed by atoms with van der Waals surface area (Å²) in [6.07, 6.45) is 1.58. The Balaban J connectivity index is 1.87. The molecule has 0 bridgehead atoms. The average molecular weight is 450 g/mol. The van der Waals surface area contributed by atoms with Crippen LogP contribution in [0.5, 0.6) is 17.2 Å². The summed E-state index contributed by atoms with van der Waals surface area (Å²) in [5, 5.41) is 9.66. The minimum absolute atomic E-state index is 0.125. The molecule has 0 aromatic heterocycles. The van der Waals surface area contributed by atoms with Gasteiger partial charge in [0.25, 0.3) is 11.1 Å². The average Bonchev–Trinajstić information content (AvgIpc) is 2.92. The zero-order chi connectivity index (χ0) is 19.6. The van der Waals surface area contributed by atoms with E-state index in [1.54, 1.807) is 18.2 Å².